The third-order valence-electron chi connectivity index (χ3n) is 4.41. The zero-order chi connectivity index (χ0) is 24.3. The van der Waals surface area contributed by atoms with E-state index in [1.54, 1.807) is 5.38 Å². The number of benzene rings is 1. The van der Waals surface area contributed by atoms with E-state index in [-0.39, 0.29) is 16.3 Å². The molecule has 1 aliphatic rings. The lowest BCUT2D eigenvalue weighted by atomic mass is 10.1. The zero-order valence-corrected chi connectivity index (χ0v) is 18.4. The first-order valence-electron chi connectivity index (χ1n) is 8.96. The zero-order valence-electron chi connectivity index (χ0n) is 16.8. The highest BCUT2D eigenvalue weighted by atomic mass is 32.2. The Balaban J connectivity index is 0.000000451. The molecule has 14 heteroatoms. The quantitative estimate of drug-likeness (QED) is 0.604. The van der Waals surface area contributed by atoms with Crippen molar-refractivity contribution in [3.63, 3.8) is 0 Å². The van der Waals surface area contributed by atoms with Crippen molar-refractivity contribution in [3.8, 4) is 5.75 Å². The first-order valence-corrected chi connectivity index (χ1v) is 11.5. The monoisotopic (exact) mass is 502 g/mol. The lowest BCUT2D eigenvalue weighted by Gasteiger charge is -2.26. The van der Waals surface area contributed by atoms with Crippen LogP contribution in [0.15, 0.2) is 22.5 Å². The molecule has 3 rings (SSSR count). The normalized spacial score (nSPS) is 18.7. The van der Waals surface area contributed by atoms with Crippen LogP contribution in [0.3, 0.4) is 0 Å². The maximum Gasteiger partial charge on any atom is 0.490 e. The number of carbonyl (C=O) groups is 1. The number of hydrogen-bond acceptors (Lipinski definition) is 7. The molecule has 0 amide bonds. The minimum atomic E-state index is -5.08. The number of aromatic nitrogens is 1. The maximum atomic E-state index is 14.7. The average Bonchev–Trinajstić information content (AvgIpc) is 3.30. The molecule has 0 aliphatic carbocycles. The molecule has 2 heterocycles. The summed E-state index contributed by atoms with van der Waals surface area (Å²) >= 11 is 1.12. The van der Waals surface area contributed by atoms with Gasteiger partial charge < -0.3 is 15.2 Å². The molecule has 1 fully saturated rings. The molecule has 0 bridgehead atoms. The number of nitrogens with one attached hydrogen (secondary N) is 1. The van der Waals surface area contributed by atoms with E-state index >= 15 is 0 Å². The largest absolute Gasteiger partial charge is 0.490 e. The summed E-state index contributed by atoms with van der Waals surface area (Å²) in [7, 11) is -4.20. The minimum Gasteiger partial charge on any atom is -0.486 e. The van der Waals surface area contributed by atoms with Gasteiger partial charge in [0.05, 0.1) is 0 Å². The van der Waals surface area contributed by atoms with Gasteiger partial charge in [0.15, 0.2) is 15.7 Å². The Bertz CT molecular complexity index is 1070. The third-order valence-corrected chi connectivity index (χ3v) is 7.02. The molecule has 2 aromatic rings. The number of rotatable bonds is 5. The predicted octanol–water partition coefficient (Wildman–Crippen LogP) is 3.47. The number of nitrogens with zero attached hydrogens (tertiary/aromatic N) is 1. The van der Waals surface area contributed by atoms with Crippen LogP contribution in [0.2, 0.25) is 0 Å². The molecule has 7 nitrogen and oxygen atoms in total. The van der Waals surface area contributed by atoms with E-state index in [0.29, 0.717) is 13.0 Å². The van der Waals surface area contributed by atoms with Crippen LogP contribution in [0.1, 0.15) is 23.9 Å². The van der Waals surface area contributed by atoms with Gasteiger partial charge in [-0.05, 0) is 20.4 Å². The highest BCUT2D eigenvalue weighted by Crippen LogP contribution is 2.34. The first-order chi connectivity index (χ1) is 14.7. The van der Waals surface area contributed by atoms with E-state index in [1.807, 2.05) is 6.92 Å². The number of carboxylic acid groups (broad SMARTS) is 1. The maximum absolute atomic E-state index is 14.7. The summed E-state index contributed by atoms with van der Waals surface area (Å²) in [4.78, 5) is 11.8. The average molecular weight is 502 g/mol. The van der Waals surface area contributed by atoms with Crippen molar-refractivity contribution < 1.29 is 45.0 Å². The summed E-state index contributed by atoms with van der Waals surface area (Å²) in [5.41, 5.74) is -0.600. The fourth-order valence-electron chi connectivity index (χ4n) is 2.77. The summed E-state index contributed by atoms with van der Waals surface area (Å²) < 4.78 is 91.6. The number of ether oxygens (including phenoxy) is 1. The Morgan fingerprint density at radius 1 is 1.38 bits per heavy atom. The van der Waals surface area contributed by atoms with Crippen LogP contribution >= 0.6 is 11.3 Å². The molecule has 1 aromatic carbocycles. The van der Waals surface area contributed by atoms with Gasteiger partial charge in [-0.15, -0.1) is 11.3 Å². The lowest BCUT2D eigenvalue weighted by molar-refractivity contribution is -0.192. The summed E-state index contributed by atoms with van der Waals surface area (Å²) in [5.74, 6) is -5.54. The number of hydrogen-bond donors (Lipinski definition) is 2. The van der Waals surface area contributed by atoms with E-state index in [4.69, 9.17) is 14.6 Å². The van der Waals surface area contributed by atoms with Crippen LogP contribution in [0.4, 0.5) is 22.0 Å². The molecule has 178 valence electrons. The van der Waals surface area contributed by atoms with Gasteiger partial charge in [-0.3, -0.25) is 0 Å². The van der Waals surface area contributed by atoms with Crippen LogP contribution < -0.4 is 10.1 Å². The predicted molar refractivity (Wildman–Crippen MR) is 104 cm³/mol. The van der Waals surface area contributed by atoms with Crippen molar-refractivity contribution in [3.05, 3.63) is 39.8 Å². The van der Waals surface area contributed by atoms with Gasteiger partial charge >= 0.3 is 12.1 Å². The Labute approximate surface area is 184 Å². The second-order valence-corrected chi connectivity index (χ2v) is 10.00. The van der Waals surface area contributed by atoms with E-state index in [9.17, 15) is 30.4 Å². The number of sulfone groups is 1. The molecule has 2 N–H and O–H groups in total. The number of carboxylic acids is 1. The van der Waals surface area contributed by atoms with E-state index in [2.05, 4.69) is 10.3 Å². The van der Waals surface area contributed by atoms with Gasteiger partial charge in [-0.2, -0.15) is 13.2 Å². The molecule has 0 spiro atoms. The van der Waals surface area contributed by atoms with Crippen molar-refractivity contribution in [1.82, 2.24) is 10.3 Å². The number of thiazole rings is 1. The SMILES string of the molecule is Cc1c(OC2(C)CCNC2)cc(F)c(S(=O)(=O)Cc2nccs2)c1F.O=C(O)C(F)(F)F. The molecular weight excluding hydrogens is 483 g/mol. The van der Waals surface area contributed by atoms with Crippen molar-refractivity contribution in [1.29, 1.82) is 0 Å². The van der Waals surface area contributed by atoms with Gasteiger partial charge in [0, 0.05) is 36.2 Å². The van der Waals surface area contributed by atoms with Crippen molar-refractivity contribution in [2.75, 3.05) is 13.1 Å². The smallest absolute Gasteiger partial charge is 0.486 e. The Morgan fingerprint density at radius 2 is 2.00 bits per heavy atom. The molecule has 1 aromatic heterocycles. The first kappa shape index (κ1) is 25.9. The Hall–Kier alpha value is -2.32. The van der Waals surface area contributed by atoms with Gasteiger partial charge in [0.2, 0.25) is 0 Å². The van der Waals surface area contributed by atoms with E-state index in [1.165, 1.54) is 13.1 Å². The van der Waals surface area contributed by atoms with Gasteiger partial charge in [0.25, 0.3) is 0 Å². The Morgan fingerprint density at radius 3 is 2.47 bits per heavy atom. The van der Waals surface area contributed by atoms with Crippen LogP contribution in [-0.2, 0) is 20.4 Å². The number of aliphatic carboxylic acids is 1. The second-order valence-electron chi connectivity index (χ2n) is 7.09. The van der Waals surface area contributed by atoms with Crippen LogP contribution in [0, 0.1) is 18.6 Å². The highest BCUT2D eigenvalue weighted by Gasteiger charge is 2.38. The van der Waals surface area contributed by atoms with E-state index < -0.39 is 49.9 Å². The molecule has 1 atom stereocenters. The standard InChI is InChI=1S/C16H18F2N2O3S2.C2HF3O2/c1-10-12(23-16(2)3-4-19-9-16)7-11(17)15(14(10)18)25(21,22)8-13-20-5-6-24-13;3-2(4,5)1(6)7/h5-7,19H,3-4,8-9H2,1-2H3;(H,6,7). The van der Waals surface area contributed by atoms with Crippen LogP contribution in [0.5, 0.6) is 5.75 Å². The highest BCUT2D eigenvalue weighted by molar-refractivity contribution is 7.90. The minimum absolute atomic E-state index is 0.0211. The number of halogens is 5. The Kier molecular flexibility index (Phi) is 7.83. The molecule has 0 radical (unpaired) electrons. The molecule has 32 heavy (non-hydrogen) atoms. The summed E-state index contributed by atoms with van der Waals surface area (Å²) in [6.45, 7) is 4.54. The summed E-state index contributed by atoms with van der Waals surface area (Å²) in [6, 6.07) is 0.955. The third kappa shape index (κ3) is 6.36. The molecular formula is C18H19F5N2O5S2. The van der Waals surface area contributed by atoms with Crippen LogP contribution in [-0.4, -0.2) is 49.3 Å². The fourth-order valence-corrected chi connectivity index (χ4v) is 5.23. The topological polar surface area (TPSA) is 106 Å². The van der Waals surface area contributed by atoms with Crippen LogP contribution in [0.25, 0.3) is 0 Å². The van der Waals surface area contributed by atoms with Crippen molar-refractivity contribution >= 4 is 27.1 Å². The van der Waals surface area contributed by atoms with Gasteiger partial charge in [-0.1, -0.05) is 0 Å². The summed E-state index contributed by atoms with van der Waals surface area (Å²) in [5, 5.41) is 12.1. The molecule has 1 saturated heterocycles. The van der Waals surface area contributed by atoms with Crippen molar-refractivity contribution in [2.24, 2.45) is 0 Å². The number of alkyl halides is 3. The molecule has 0 saturated carbocycles. The lowest BCUT2D eigenvalue weighted by Crippen LogP contribution is -2.35. The summed E-state index contributed by atoms with van der Waals surface area (Å²) in [6.07, 6.45) is -2.94. The van der Waals surface area contributed by atoms with Gasteiger partial charge in [0.1, 0.15) is 32.8 Å². The van der Waals surface area contributed by atoms with Crippen molar-refractivity contribution in [2.45, 2.75) is 42.7 Å². The van der Waals surface area contributed by atoms with Gasteiger partial charge in [-0.25, -0.2) is 27.0 Å². The van der Waals surface area contributed by atoms with E-state index in [0.717, 1.165) is 23.9 Å². The molecule has 1 unspecified atom stereocenters. The fraction of sp³-hybridized carbons (Fsp3) is 0.444. The molecule has 1 aliphatic heterocycles. The second kappa shape index (κ2) is 9.67.